The van der Waals surface area contributed by atoms with Gasteiger partial charge in [0.25, 0.3) is 0 Å². The van der Waals surface area contributed by atoms with Crippen LogP contribution in [0, 0.1) is 12.7 Å². The summed E-state index contributed by atoms with van der Waals surface area (Å²) in [5.74, 6) is 0.527. The Morgan fingerprint density at radius 3 is 2.80 bits per heavy atom. The first-order valence-electron chi connectivity index (χ1n) is 6.83. The van der Waals surface area contributed by atoms with Crippen LogP contribution in [0.1, 0.15) is 36.3 Å². The van der Waals surface area contributed by atoms with Crippen molar-refractivity contribution < 1.29 is 8.81 Å². The molecule has 1 N–H and O–H groups in total. The van der Waals surface area contributed by atoms with E-state index in [1.165, 1.54) is 0 Å². The molecule has 0 radical (unpaired) electrons. The topological polar surface area (TPSA) is 25.2 Å². The van der Waals surface area contributed by atoms with Crippen LogP contribution in [0.15, 0.2) is 34.9 Å². The summed E-state index contributed by atoms with van der Waals surface area (Å²) in [6, 6.07) is 7.09. The predicted molar refractivity (Wildman–Crippen MR) is 79.6 cm³/mol. The minimum Gasteiger partial charge on any atom is -0.469 e. The van der Waals surface area contributed by atoms with Crippen LogP contribution < -0.4 is 5.32 Å². The summed E-state index contributed by atoms with van der Waals surface area (Å²) >= 11 is 5.84. The Labute approximate surface area is 123 Å². The molecular formula is C16H19ClFNO. The smallest absolute Gasteiger partial charge is 0.145 e. The molecule has 1 heterocycles. The maximum absolute atomic E-state index is 14.0. The Kier molecular flexibility index (Phi) is 5.21. The van der Waals surface area contributed by atoms with Crippen molar-refractivity contribution in [3.63, 3.8) is 0 Å². The van der Waals surface area contributed by atoms with Crippen molar-refractivity contribution in [3.8, 4) is 0 Å². The zero-order valence-corrected chi connectivity index (χ0v) is 12.5. The maximum Gasteiger partial charge on any atom is 0.145 e. The second kappa shape index (κ2) is 6.91. The standard InChI is InChI=1S/C16H19ClFNO/c1-3-8-19-15(13-7-9-20-11(13)2)10-12-5-4-6-14(17)16(12)18/h4-7,9,15,19H,3,8,10H2,1-2H3. The molecule has 1 atom stereocenters. The molecule has 0 spiro atoms. The van der Waals surface area contributed by atoms with Gasteiger partial charge in [-0.2, -0.15) is 0 Å². The van der Waals surface area contributed by atoms with E-state index in [1.807, 2.05) is 13.0 Å². The highest BCUT2D eigenvalue weighted by Gasteiger charge is 2.18. The third-order valence-electron chi connectivity index (χ3n) is 3.37. The van der Waals surface area contributed by atoms with Crippen molar-refractivity contribution in [1.82, 2.24) is 5.32 Å². The van der Waals surface area contributed by atoms with Crippen LogP contribution in [0.3, 0.4) is 0 Å². The highest BCUT2D eigenvalue weighted by atomic mass is 35.5. The Balaban J connectivity index is 2.24. The summed E-state index contributed by atoms with van der Waals surface area (Å²) in [7, 11) is 0. The molecule has 0 saturated carbocycles. The van der Waals surface area contributed by atoms with Gasteiger partial charge >= 0.3 is 0 Å². The summed E-state index contributed by atoms with van der Waals surface area (Å²) in [5.41, 5.74) is 1.68. The molecule has 1 aromatic heterocycles. The SMILES string of the molecule is CCCNC(Cc1cccc(Cl)c1F)c1ccoc1C. The number of hydrogen-bond acceptors (Lipinski definition) is 2. The second-order valence-electron chi connectivity index (χ2n) is 4.86. The average Bonchev–Trinajstić information content (AvgIpc) is 2.85. The molecule has 4 heteroatoms. The molecule has 108 valence electrons. The average molecular weight is 296 g/mol. The minimum absolute atomic E-state index is 0.0293. The normalized spacial score (nSPS) is 12.6. The van der Waals surface area contributed by atoms with Gasteiger partial charge in [-0.05, 0) is 44.0 Å². The quantitative estimate of drug-likeness (QED) is 0.838. The van der Waals surface area contributed by atoms with E-state index in [2.05, 4.69) is 12.2 Å². The van der Waals surface area contributed by atoms with Crippen LogP contribution in [0.4, 0.5) is 4.39 Å². The number of nitrogens with one attached hydrogen (secondary N) is 1. The Morgan fingerprint density at radius 2 is 2.15 bits per heavy atom. The Morgan fingerprint density at radius 1 is 1.35 bits per heavy atom. The highest BCUT2D eigenvalue weighted by Crippen LogP contribution is 2.26. The van der Waals surface area contributed by atoms with E-state index in [9.17, 15) is 4.39 Å². The van der Waals surface area contributed by atoms with Gasteiger partial charge in [-0.25, -0.2) is 4.39 Å². The fourth-order valence-corrected chi connectivity index (χ4v) is 2.49. The largest absolute Gasteiger partial charge is 0.469 e. The van der Waals surface area contributed by atoms with Crippen molar-refractivity contribution >= 4 is 11.6 Å². The first kappa shape index (κ1) is 15.1. The molecule has 1 aromatic carbocycles. The summed E-state index contributed by atoms with van der Waals surface area (Å²) in [6.45, 7) is 4.90. The molecule has 1 unspecified atom stereocenters. The lowest BCUT2D eigenvalue weighted by atomic mass is 9.99. The third-order valence-corrected chi connectivity index (χ3v) is 3.66. The first-order chi connectivity index (χ1) is 9.63. The van der Waals surface area contributed by atoms with Crippen LogP contribution in [0.25, 0.3) is 0 Å². The molecule has 0 fully saturated rings. The fraction of sp³-hybridized carbons (Fsp3) is 0.375. The van der Waals surface area contributed by atoms with Gasteiger partial charge in [0.1, 0.15) is 11.6 Å². The van der Waals surface area contributed by atoms with E-state index in [-0.39, 0.29) is 16.9 Å². The van der Waals surface area contributed by atoms with Crippen molar-refractivity contribution in [2.75, 3.05) is 6.54 Å². The van der Waals surface area contributed by atoms with Gasteiger partial charge in [0, 0.05) is 11.6 Å². The number of benzene rings is 1. The predicted octanol–water partition coefficient (Wildman–Crippen LogP) is 4.66. The van der Waals surface area contributed by atoms with E-state index in [4.69, 9.17) is 16.0 Å². The van der Waals surface area contributed by atoms with Crippen molar-refractivity contribution in [3.05, 3.63) is 58.3 Å². The number of halogens is 2. The van der Waals surface area contributed by atoms with Crippen LogP contribution >= 0.6 is 11.6 Å². The molecule has 0 amide bonds. The maximum atomic E-state index is 14.0. The molecule has 2 aromatic rings. The second-order valence-corrected chi connectivity index (χ2v) is 5.26. The monoisotopic (exact) mass is 295 g/mol. The molecule has 2 rings (SSSR count). The minimum atomic E-state index is -0.335. The van der Waals surface area contributed by atoms with E-state index >= 15 is 0 Å². The van der Waals surface area contributed by atoms with Gasteiger partial charge < -0.3 is 9.73 Å². The van der Waals surface area contributed by atoms with Gasteiger partial charge in [-0.3, -0.25) is 0 Å². The Hall–Kier alpha value is -1.32. The van der Waals surface area contributed by atoms with Gasteiger partial charge in [-0.15, -0.1) is 0 Å². The van der Waals surface area contributed by atoms with Crippen molar-refractivity contribution in [2.24, 2.45) is 0 Å². The highest BCUT2D eigenvalue weighted by molar-refractivity contribution is 6.30. The van der Waals surface area contributed by atoms with Gasteiger partial charge in [0.15, 0.2) is 0 Å². The molecule has 0 bridgehead atoms. The molecule has 0 saturated heterocycles. The summed E-state index contributed by atoms with van der Waals surface area (Å²) in [5, 5.41) is 3.61. The fourth-order valence-electron chi connectivity index (χ4n) is 2.29. The number of aryl methyl sites for hydroxylation is 1. The van der Waals surface area contributed by atoms with Crippen molar-refractivity contribution in [1.29, 1.82) is 0 Å². The van der Waals surface area contributed by atoms with E-state index in [1.54, 1.807) is 24.5 Å². The first-order valence-corrected chi connectivity index (χ1v) is 7.21. The van der Waals surface area contributed by atoms with E-state index in [0.29, 0.717) is 12.0 Å². The molecule has 0 aliphatic heterocycles. The van der Waals surface area contributed by atoms with Crippen LogP contribution in [0.5, 0.6) is 0 Å². The van der Waals surface area contributed by atoms with E-state index < -0.39 is 0 Å². The number of rotatable bonds is 6. The number of hydrogen-bond donors (Lipinski definition) is 1. The molecule has 20 heavy (non-hydrogen) atoms. The zero-order valence-electron chi connectivity index (χ0n) is 11.7. The summed E-state index contributed by atoms with van der Waals surface area (Å²) < 4.78 is 19.4. The van der Waals surface area contributed by atoms with E-state index in [0.717, 1.165) is 24.3 Å². The molecule has 0 aliphatic rings. The lowest BCUT2D eigenvalue weighted by Crippen LogP contribution is -2.24. The van der Waals surface area contributed by atoms with Gasteiger partial charge in [0.2, 0.25) is 0 Å². The van der Waals surface area contributed by atoms with Crippen molar-refractivity contribution in [2.45, 2.75) is 32.7 Å². The summed E-state index contributed by atoms with van der Waals surface area (Å²) in [6.07, 6.45) is 3.23. The summed E-state index contributed by atoms with van der Waals surface area (Å²) in [4.78, 5) is 0. The van der Waals surface area contributed by atoms with Crippen LogP contribution in [0.2, 0.25) is 5.02 Å². The molecule has 0 aliphatic carbocycles. The third kappa shape index (κ3) is 3.41. The lowest BCUT2D eigenvalue weighted by Gasteiger charge is -2.19. The number of furan rings is 1. The van der Waals surface area contributed by atoms with Crippen LogP contribution in [-0.2, 0) is 6.42 Å². The Bertz CT molecular complexity index is 567. The zero-order chi connectivity index (χ0) is 14.5. The molecular weight excluding hydrogens is 277 g/mol. The van der Waals surface area contributed by atoms with Gasteiger partial charge in [-0.1, -0.05) is 30.7 Å². The molecule has 2 nitrogen and oxygen atoms in total. The van der Waals surface area contributed by atoms with Crippen LogP contribution in [-0.4, -0.2) is 6.54 Å². The lowest BCUT2D eigenvalue weighted by molar-refractivity contribution is 0.487. The van der Waals surface area contributed by atoms with Gasteiger partial charge in [0.05, 0.1) is 11.3 Å².